The van der Waals surface area contributed by atoms with Gasteiger partial charge in [0.1, 0.15) is 17.5 Å². The summed E-state index contributed by atoms with van der Waals surface area (Å²) < 4.78 is 13.7. The predicted octanol–water partition coefficient (Wildman–Crippen LogP) is 3.13. The summed E-state index contributed by atoms with van der Waals surface area (Å²) in [5.74, 6) is 1.44. The molecule has 0 fully saturated rings. The average Bonchev–Trinajstić information content (AvgIpc) is 2.90. The van der Waals surface area contributed by atoms with Crippen LogP contribution in [0.25, 0.3) is 0 Å². The van der Waals surface area contributed by atoms with E-state index < -0.39 is 0 Å². The molecule has 0 amide bonds. The summed E-state index contributed by atoms with van der Waals surface area (Å²) in [6.07, 6.45) is 3.61. The lowest BCUT2D eigenvalue weighted by Gasteiger charge is -2.11. The SMILES string of the molecule is CCNc1nc(Cc2ccccc2F)nc2c1CCC2. The predicted molar refractivity (Wildman–Crippen MR) is 77.4 cm³/mol. The van der Waals surface area contributed by atoms with Crippen molar-refractivity contribution in [3.05, 3.63) is 52.7 Å². The fourth-order valence-electron chi connectivity index (χ4n) is 2.69. The Kier molecular flexibility index (Phi) is 3.63. The number of benzene rings is 1. The van der Waals surface area contributed by atoms with Gasteiger partial charge in [-0.3, -0.25) is 0 Å². The molecule has 1 aliphatic rings. The molecular formula is C16H18FN3. The second kappa shape index (κ2) is 5.57. The number of anilines is 1. The van der Waals surface area contributed by atoms with Gasteiger partial charge in [-0.1, -0.05) is 18.2 Å². The number of nitrogens with one attached hydrogen (secondary N) is 1. The fraction of sp³-hybridized carbons (Fsp3) is 0.375. The molecule has 0 saturated carbocycles. The van der Waals surface area contributed by atoms with Gasteiger partial charge in [-0.25, -0.2) is 14.4 Å². The van der Waals surface area contributed by atoms with Crippen LogP contribution in [0.1, 0.15) is 36.0 Å². The number of aromatic nitrogens is 2. The lowest BCUT2D eigenvalue weighted by Crippen LogP contribution is -2.09. The van der Waals surface area contributed by atoms with Crippen molar-refractivity contribution in [3.63, 3.8) is 0 Å². The zero-order valence-corrected chi connectivity index (χ0v) is 11.6. The van der Waals surface area contributed by atoms with Crippen molar-refractivity contribution in [2.45, 2.75) is 32.6 Å². The lowest BCUT2D eigenvalue weighted by molar-refractivity contribution is 0.612. The molecular weight excluding hydrogens is 253 g/mol. The summed E-state index contributed by atoms with van der Waals surface area (Å²) >= 11 is 0. The molecule has 0 spiro atoms. The number of fused-ring (bicyclic) bond motifs is 1. The number of hydrogen-bond donors (Lipinski definition) is 1. The van der Waals surface area contributed by atoms with E-state index in [-0.39, 0.29) is 5.82 Å². The normalized spacial score (nSPS) is 13.3. The molecule has 1 aromatic heterocycles. The highest BCUT2D eigenvalue weighted by Gasteiger charge is 2.19. The molecule has 0 unspecified atom stereocenters. The van der Waals surface area contributed by atoms with Gasteiger partial charge in [0.05, 0.1) is 0 Å². The molecule has 0 atom stereocenters. The van der Waals surface area contributed by atoms with Crippen LogP contribution in [-0.2, 0) is 19.3 Å². The first-order chi connectivity index (χ1) is 9.78. The van der Waals surface area contributed by atoms with E-state index in [2.05, 4.69) is 22.2 Å². The van der Waals surface area contributed by atoms with Gasteiger partial charge in [0, 0.05) is 24.2 Å². The Labute approximate surface area is 118 Å². The summed E-state index contributed by atoms with van der Waals surface area (Å²) in [6.45, 7) is 2.89. The minimum Gasteiger partial charge on any atom is -0.370 e. The van der Waals surface area contributed by atoms with Crippen LogP contribution in [0.4, 0.5) is 10.2 Å². The molecule has 3 rings (SSSR count). The van der Waals surface area contributed by atoms with Crippen LogP contribution in [0, 0.1) is 5.82 Å². The standard InChI is InChI=1S/C16H18FN3/c1-2-18-16-12-7-5-9-14(12)19-15(20-16)10-11-6-3-4-8-13(11)17/h3-4,6,8H,2,5,7,9-10H2,1H3,(H,18,19,20). The largest absolute Gasteiger partial charge is 0.370 e. The first kappa shape index (κ1) is 13.0. The summed E-state index contributed by atoms with van der Waals surface area (Å²) in [5.41, 5.74) is 3.01. The van der Waals surface area contributed by atoms with Crippen molar-refractivity contribution >= 4 is 5.82 Å². The van der Waals surface area contributed by atoms with Gasteiger partial charge in [-0.05, 0) is 37.8 Å². The first-order valence-corrected chi connectivity index (χ1v) is 7.14. The third kappa shape index (κ3) is 2.50. The van der Waals surface area contributed by atoms with E-state index in [0.717, 1.165) is 37.3 Å². The molecule has 1 heterocycles. The van der Waals surface area contributed by atoms with Gasteiger partial charge in [-0.2, -0.15) is 0 Å². The molecule has 1 N–H and O–H groups in total. The van der Waals surface area contributed by atoms with E-state index in [1.807, 2.05) is 6.07 Å². The topological polar surface area (TPSA) is 37.8 Å². The number of nitrogens with zero attached hydrogens (tertiary/aromatic N) is 2. The summed E-state index contributed by atoms with van der Waals surface area (Å²) in [4.78, 5) is 9.20. The van der Waals surface area contributed by atoms with Crippen molar-refractivity contribution in [1.82, 2.24) is 9.97 Å². The highest BCUT2D eigenvalue weighted by Crippen LogP contribution is 2.26. The van der Waals surface area contributed by atoms with Crippen LogP contribution < -0.4 is 5.32 Å². The van der Waals surface area contributed by atoms with Crippen LogP contribution in [-0.4, -0.2) is 16.5 Å². The molecule has 20 heavy (non-hydrogen) atoms. The van der Waals surface area contributed by atoms with Crippen LogP contribution >= 0.6 is 0 Å². The smallest absolute Gasteiger partial charge is 0.135 e. The molecule has 4 heteroatoms. The number of rotatable bonds is 4. The molecule has 0 aliphatic heterocycles. The Bertz CT molecular complexity index is 625. The van der Waals surface area contributed by atoms with Crippen LogP contribution in [0.15, 0.2) is 24.3 Å². The zero-order chi connectivity index (χ0) is 13.9. The van der Waals surface area contributed by atoms with E-state index in [1.165, 1.54) is 11.6 Å². The minimum atomic E-state index is -0.193. The zero-order valence-electron chi connectivity index (χ0n) is 11.6. The molecule has 3 nitrogen and oxygen atoms in total. The monoisotopic (exact) mass is 271 g/mol. The molecule has 0 bridgehead atoms. The molecule has 1 aromatic carbocycles. The second-order valence-corrected chi connectivity index (χ2v) is 5.07. The van der Waals surface area contributed by atoms with Gasteiger partial charge >= 0.3 is 0 Å². The van der Waals surface area contributed by atoms with Crippen molar-refractivity contribution in [2.24, 2.45) is 0 Å². The maximum absolute atomic E-state index is 13.7. The van der Waals surface area contributed by atoms with Crippen LogP contribution in [0.5, 0.6) is 0 Å². The average molecular weight is 271 g/mol. The van der Waals surface area contributed by atoms with Crippen molar-refractivity contribution in [1.29, 1.82) is 0 Å². The molecule has 0 saturated heterocycles. The van der Waals surface area contributed by atoms with Crippen molar-refractivity contribution in [2.75, 3.05) is 11.9 Å². The summed E-state index contributed by atoms with van der Waals surface area (Å²) in [7, 11) is 0. The second-order valence-electron chi connectivity index (χ2n) is 5.07. The lowest BCUT2D eigenvalue weighted by atomic mass is 10.1. The highest BCUT2D eigenvalue weighted by atomic mass is 19.1. The number of hydrogen-bond acceptors (Lipinski definition) is 3. The molecule has 0 radical (unpaired) electrons. The van der Waals surface area contributed by atoms with E-state index in [4.69, 9.17) is 0 Å². The molecule has 1 aliphatic carbocycles. The van der Waals surface area contributed by atoms with Crippen molar-refractivity contribution < 1.29 is 4.39 Å². The van der Waals surface area contributed by atoms with Gasteiger partial charge in [0.2, 0.25) is 0 Å². The van der Waals surface area contributed by atoms with E-state index in [1.54, 1.807) is 12.1 Å². The van der Waals surface area contributed by atoms with Gasteiger partial charge in [0.15, 0.2) is 0 Å². The Morgan fingerprint density at radius 1 is 1.20 bits per heavy atom. The Morgan fingerprint density at radius 2 is 2.05 bits per heavy atom. The number of aryl methyl sites for hydroxylation is 1. The Morgan fingerprint density at radius 3 is 2.85 bits per heavy atom. The van der Waals surface area contributed by atoms with Gasteiger partial charge < -0.3 is 5.32 Å². The Balaban J connectivity index is 1.94. The summed E-state index contributed by atoms with van der Waals surface area (Å²) in [6, 6.07) is 6.82. The van der Waals surface area contributed by atoms with E-state index >= 15 is 0 Å². The third-order valence-corrected chi connectivity index (χ3v) is 3.63. The third-order valence-electron chi connectivity index (χ3n) is 3.63. The van der Waals surface area contributed by atoms with Crippen LogP contribution in [0.3, 0.4) is 0 Å². The maximum Gasteiger partial charge on any atom is 0.135 e. The minimum absolute atomic E-state index is 0.193. The summed E-state index contributed by atoms with van der Waals surface area (Å²) in [5, 5.41) is 3.30. The quantitative estimate of drug-likeness (QED) is 0.928. The fourth-order valence-corrected chi connectivity index (χ4v) is 2.69. The molecule has 104 valence electrons. The van der Waals surface area contributed by atoms with Gasteiger partial charge in [-0.15, -0.1) is 0 Å². The maximum atomic E-state index is 13.7. The Hall–Kier alpha value is -1.97. The first-order valence-electron chi connectivity index (χ1n) is 7.14. The van der Waals surface area contributed by atoms with E-state index in [0.29, 0.717) is 17.8 Å². The highest BCUT2D eigenvalue weighted by molar-refractivity contribution is 5.49. The molecule has 2 aromatic rings. The number of halogens is 1. The van der Waals surface area contributed by atoms with Crippen molar-refractivity contribution in [3.8, 4) is 0 Å². The van der Waals surface area contributed by atoms with E-state index in [9.17, 15) is 4.39 Å². The van der Waals surface area contributed by atoms with Gasteiger partial charge in [0.25, 0.3) is 0 Å². The van der Waals surface area contributed by atoms with Crippen LogP contribution in [0.2, 0.25) is 0 Å².